The van der Waals surface area contributed by atoms with E-state index in [1.165, 1.54) is 0 Å². The number of carbonyl (C=O) groups is 1. The summed E-state index contributed by atoms with van der Waals surface area (Å²) in [4.78, 5) is 16.6. The zero-order chi connectivity index (χ0) is 16.5. The first-order valence-electron chi connectivity index (χ1n) is 6.94. The molecule has 0 fully saturated rings. The zero-order valence-corrected chi connectivity index (χ0v) is 14.2. The molecule has 2 aromatic rings. The predicted octanol–water partition coefficient (Wildman–Crippen LogP) is 3.34. The number of nitrogens with zero attached hydrogens (tertiary/aromatic N) is 2. The molecule has 0 saturated heterocycles. The second-order valence-electron chi connectivity index (χ2n) is 4.66. The third-order valence-electron chi connectivity index (χ3n) is 2.88. The van der Waals surface area contributed by atoms with Crippen LogP contribution >= 0.6 is 15.9 Å². The van der Waals surface area contributed by atoms with Crippen molar-refractivity contribution < 1.29 is 9.63 Å². The molecule has 0 heterocycles. The molecule has 0 aliphatic heterocycles. The Morgan fingerprint density at radius 1 is 1.17 bits per heavy atom. The standard InChI is InChI=1S/C17H16BrN3O2/c1-13(15-7-9-16(18)10-8-15)20-21-17(22)12-23-19-11-14-5-3-2-4-6-14/h2-11H,12H2,1H3,(H,21,22)/b19-11-,20-13-. The smallest absolute Gasteiger partial charge is 0.280 e. The van der Waals surface area contributed by atoms with Crippen LogP contribution in [-0.2, 0) is 9.63 Å². The molecule has 0 bridgehead atoms. The molecule has 5 nitrogen and oxygen atoms in total. The van der Waals surface area contributed by atoms with Crippen molar-refractivity contribution in [1.29, 1.82) is 0 Å². The SMILES string of the molecule is C/C(=N/NC(=O)CO/N=C\c1ccccc1)c1ccc(Br)cc1. The summed E-state index contributed by atoms with van der Waals surface area (Å²) < 4.78 is 0.989. The van der Waals surface area contributed by atoms with E-state index >= 15 is 0 Å². The lowest BCUT2D eigenvalue weighted by Crippen LogP contribution is -2.23. The fourth-order valence-electron chi connectivity index (χ4n) is 1.67. The molecule has 1 amide bonds. The van der Waals surface area contributed by atoms with Crippen molar-refractivity contribution in [3.05, 3.63) is 70.2 Å². The summed E-state index contributed by atoms with van der Waals surface area (Å²) in [6.07, 6.45) is 1.55. The second-order valence-corrected chi connectivity index (χ2v) is 5.57. The first kappa shape index (κ1) is 16.9. The molecule has 0 aromatic heterocycles. The van der Waals surface area contributed by atoms with Crippen molar-refractivity contribution in [2.24, 2.45) is 10.3 Å². The molecule has 2 rings (SSSR count). The summed E-state index contributed by atoms with van der Waals surface area (Å²) in [5.41, 5.74) is 4.97. The van der Waals surface area contributed by atoms with Gasteiger partial charge in [-0.15, -0.1) is 0 Å². The number of rotatable bonds is 6. The van der Waals surface area contributed by atoms with Gasteiger partial charge in [0.1, 0.15) is 0 Å². The number of halogens is 1. The number of amides is 1. The number of oxime groups is 1. The number of hydrazone groups is 1. The zero-order valence-electron chi connectivity index (χ0n) is 12.6. The highest BCUT2D eigenvalue weighted by Crippen LogP contribution is 2.10. The number of nitrogens with one attached hydrogen (secondary N) is 1. The molecule has 0 spiro atoms. The summed E-state index contributed by atoms with van der Waals surface area (Å²) >= 11 is 3.37. The molecule has 118 valence electrons. The van der Waals surface area contributed by atoms with Crippen LogP contribution in [-0.4, -0.2) is 24.4 Å². The van der Waals surface area contributed by atoms with E-state index in [0.29, 0.717) is 5.71 Å². The quantitative estimate of drug-likeness (QED) is 0.623. The lowest BCUT2D eigenvalue weighted by molar-refractivity contribution is -0.125. The fourth-order valence-corrected chi connectivity index (χ4v) is 1.93. The van der Waals surface area contributed by atoms with Gasteiger partial charge in [-0.05, 0) is 30.2 Å². The van der Waals surface area contributed by atoms with E-state index in [1.54, 1.807) is 6.21 Å². The van der Waals surface area contributed by atoms with Crippen molar-refractivity contribution >= 4 is 33.8 Å². The van der Waals surface area contributed by atoms with Crippen LogP contribution in [0.1, 0.15) is 18.1 Å². The van der Waals surface area contributed by atoms with Gasteiger partial charge in [-0.1, -0.05) is 63.6 Å². The molecule has 0 saturated carbocycles. The number of carbonyl (C=O) groups excluding carboxylic acids is 1. The number of hydrogen-bond acceptors (Lipinski definition) is 4. The van der Waals surface area contributed by atoms with Crippen LogP contribution in [0.4, 0.5) is 0 Å². The van der Waals surface area contributed by atoms with E-state index in [9.17, 15) is 4.79 Å². The highest BCUT2D eigenvalue weighted by molar-refractivity contribution is 9.10. The Hall–Kier alpha value is -2.47. The molecule has 2 aromatic carbocycles. The largest absolute Gasteiger partial charge is 0.386 e. The third kappa shape index (κ3) is 6.04. The lowest BCUT2D eigenvalue weighted by atomic mass is 10.1. The summed E-state index contributed by atoms with van der Waals surface area (Å²) in [5.74, 6) is -0.369. The lowest BCUT2D eigenvalue weighted by Gasteiger charge is -2.02. The first-order valence-corrected chi connectivity index (χ1v) is 7.74. The summed E-state index contributed by atoms with van der Waals surface area (Å²) in [5, 5.41) is 7.77. The molecule has 1 N–H and O–H groups in total. The Bertz CT molecular complexity index is 698. The van der Waals surface area contributed by atoms with E-state index < -0.39 is 0 Å². The molecule has 0 unspecified atom stereocenters. The van der Waals surface area contributed by atoms with Gasteiger partial charge in [0.2, 0.25) is 0 Å². The van der Waals surface area contributed by atoms with Crippen LogP contribution in [0.25, 0.3) is 0 Å². The molecular formula is C17H16BrN3O2. The Morgan fingerprint density at radius 3 is 2.57 bits per heavy atom. The van der Waals surface area contributed by atoms with Crippen molar-refractivity contribution in [2.75, 3.05) is 6.61 Å². The third-order valence-corrected chi connectivity index (χ3v) is 3.41. The van der Waals surface area contributed by atoms with E-state index in [-0.39, 0.29) is 12.5 Å². The van der Waals surface area contributed by atoms with Crippen LogP contribution in [0.15, 0.2) is 69.3 Å². The summed E-state index contributed by atoms with van der Waals surface area (Å²) in [6, 6.07) is 17.1. The van der Waals surface area contributed by atoms with E-state index in [4.69, 9.17) is 4.84 Å². The molecule has 0 atom stereocenters. The van der Waals surface area contributed by atoms with Crippen LogP contribution in [0.5, 0.6) is 0 Å². The van der Waals surface area contributed by atoms with Gasteiger partial charge in [0.25, 0.3) is 5.91 Å². The minimum absolute atomic E-state index is 0.194. The van der Waals surface area contributed by atoms with Gasteiger partial charge in [0.15, 0.2) is 6.61 Å². The van der Waals surface area contributed by atoms with Crippen molar-refractivity contribution in [3.8, 4) is 0 Å². The first-order chi connectivity index (χ1) is 11.1. The van der Waals surface area contributed by atoms with E-state index in [0.717, 1.165) is 15.6 Å². The fraction of sp³-hybridized carbons (Fsp3) is 0.118. The average molecular weight is 374 g/mol. The Balaban J connectivity index is 1.77. The van der Waals surface area contributed by atoms with Crippen molar-refractivity contribution in [3.63, 3.8) is 0 Å². The van der Waals surface area contributed by atoms with Crippen molar-refractivity contribution in [2.45, 2.75) is 6.92 Å². The Labute approximate surface area is 143 Å². The number of hydrogen-bond donors (Lipinski definition) is 1. The Morgan fingerprint density at radius 2 is 1.87 bits per heavy atom. The molecule has 6 heteroatoms. The maximum absolute atomic E-state index is 11.6. The highest BCUT2D eigenvalue weighted by Gasteiger charge is 2.01. The maximum Gasteiger partial charge on any atom is 0.280 e. The van der Waals surface area contributed by atoms with Crippen LogP contribution < -0.4 is 5.43 Å². The molecule has 0 radical (unpaired) electrons. The monoisotopic (exact) mass is 373 g/mol. The van der Waals surface area contributed by atoms with Gasteiger partial charge in [0, 0.05) is 4.47 Å². The predicted molar refractivity (Wildman–Crippen MR) is 94.5 cm³/mol. The maximum atomic E-state index is 11.6. The van der Waals surface area contributed by atoms with Gasteiger partial charge in [0.05, 0.1) is 11.9 Å². The molecule has 0 aliphatic rings. The molecular weight excluding hydrogens is 358 g/mol. The van der Waals surface area contributed by atoms with Gasteiger partial charge in [-0.2, -0.15) is 5.10 Å². The highest BCUT2D eigenvalue weighted by atomic mass is 79.9. The summed E-state index contributed by atoms with van der Waals surface area (Å²) in [6.45, 7) is 1.62. The van der Waals surface area contributed by atoms with Gasteiger partial charge < -0.3 is 4.84 Å². The second kappa shape index (κ2) is 8.85. The number of benzene rings is 2. The van der Waals surface area contributed by atoms with Crippen LogP contribution in [0.3, 0.4) is 0 Å². The van der Waals surface area contributed by atoms with Crippen LogP contribution in [0, 0.1) is 0 Å². The van der Waals surface area contributed by atoms with Crippen LogP contribution in [0.2, 0.25) is 0 Å². The Kier molecular flexibility index (Phi) is 6.50. The van der Waals surface area contributed by atoms with Gasteiger partial charge in [-0.3, -0.25) is 4.79 Å². The molecule has 23 heavy (non-hydrogen) atoms. The normalized spacial score (nSPS) is 11.5. The summed E-state index contributed by atoms with van der Waals surface area (Å²) in [7, 11) is 0. The van der Waals surface area contributed by atoms with Crippen molar-refractivity contribution in [1.82, 2.24) is 5.43 Å². The van der Waals surface area contributed by atoms with Gasteiger partial charge in [-0.25, -0.2) is 5.43 Å². The average Bonchev–Trinajstić information content (AvgIpc) is 2.58. The molecule has 0 aliphatic carbocycles. The topological polar surface area (TPSA) is 63.0 Å². The minimum atomic E-state index is -0.369. The minimum Gasteiger partial charge on any atom is -0.386 e. The van der Waals surface area contributed by atoms with E-state index in [1.807, 2.05) is 61.5 Å². The van der Waals surface area contributed by atoms with Gasteiger partial charge >= 0.3 is 0 Å². The van der Waals surface area contributed by atoms with E-state index in [2.05, 4.69) is 31.6 Å².